The summed E-state index contributed by atoms with van der Waals surface area (Å²) in [6.07, 6.45) is 0.303. The number of urea groups is 1. The Bertz CT molecular complexity index is 630. The van der Waals surface area contributed by atoms with Gasteiger partial charge in [0, 0.05) is 24.7 Å². The van der Waals surface area contributed by atoms with Crippen molar-refractivity contribution in [2.24, 2.45) is 0 Å². The van der Waals surface area contributed by atoms with Gasteiger partial charge in [0.2, 0.25) is 5.91 Å². The lowest BCUT2D eigenvalue weighted by Crippen LogP contribution is -3.12. The summed E-state index contributed by atoms with van der Waals surface area (Å²) in [5.41, 5.74) is 3.66. The molecule has 1 aromatic carbocycles. The maximum atomic E-state index is 12.3. The molecule has 136 valence electrons. The SMILES string of the molecule is COc1cccc(N2C[C@H](NC(=O)NN3CC[NH+](C)CC3)CC2=O)c1. The molecule has 3 N–H and O–H groups in total. The monoisotopic (exact) mass is 348 g/mol. The van der Waals surface area contributed by atoms with Gasteiger partial charge in [-0.25, -0.2) is 9.80 Å². The molecule has 1 atom stereocenters. The van der Waals surface area contributed by atoms with Gasteiger partial charge in [-0.15, -0.1) is 0 Å². The minimum atomic E-state index is -0.246. The highest BCUT2D eigenvalue weighted by atomic mass is 16.5. The Morgan fingerprint density at radius 3 is 2.80 bits per heavy atom. The number of rotatable bonds is 4. The van der Waals surface area contributed by atoms with E-state index < -0.39 is 0 Å². The van der Waals surface area contributed by atoms with E-state index in [1.807, 2.05) is 29.3 Å². The lowest BCUT2D eigenvalue weighted by atomic mass is 10.2. The molecule has 0 radical (unpaired) electrons. The number of hydrazine groups is 1. The number of amides is 3. The Hall–Kier alpha value is -2.32. The summed E-state index contributed by atoms with van der Waals surface area (Å²) in [6, 6.07) is 6.94. The number of hydrogen-bond acceptors (Lipinski definition) is 4. The van der Waals surface area contributed by atoms with Crippen LogP contribution in [0.5, 0.6) is 5.75 Å². The minimum Gasteiger partial charge on any atom is -0.497 e. The predicted octanol–water partition coefficient (Wildman–Crippen LogP) is -1.15. The quantitative estimate of drug-likeness (QED) is 0.642. The molecule has 8 nitrogen and oxygen atoms in total. The molecule has 0 unspecified atom stereocenters. The summed E-state index contributed by atoms with van der Waals surface area (Å²) in [6.45, 7) is 4.14. The molecule has 0 spiro atoms. The Morgan fingerprint density at radius 1 is 1.32 bits per heavy atom. The van der Waals surface area contributed by atoms with Crippen LogP contribution in [0, 0.1) is 0 Å². The van der Waals surface area contributed by atoms with Crippen molar-refractivity contribution < 1.29 is 19.2 Å². The molecule has 2 saturated heterocycles. The van der Waals surface area contributed by atoms with Crippen molar-refractivity contribution in [3.05, 3.63) is 24.3 Å². The number of nitrogens with one attached hydrogen (secondary N) is 3. The third-order valence-electron chi connectivity index (χ3n) is 4.70. The van der Waals surface area contributed by atoms with Gasteiger partial charge in [0.25, 0.3) is 0 Å². The van der Waals surface area contributed by atoms with E-state index >= 15 is 0 Å². The van der Waals surface area contributed by atoms with Gasteiger partial charge in [-0.3, -0.25) is 10.2 Å². The average Bonchev–Trinajstić information content (AvgIpc) is 2.97. The van der Waals surface area contributed by atoms with Gasteiger partial charge in [-0.2, -0.15) is 0 Å². The smallest absolute Gasteiger partial charge is 0.329 e. The molecule has 0 bridgehead atoms. The van der Waals surface area contributed by atoms with Crippen molar-refractivity contribution >= 4 is 17.6 Å². The van der Waals surface area contributed by atoms with Crippen LogP contribution in [-0.4, -0.2) is 69.9 Å². The fourth-order valence-corrected chi connectivity index (χ4v) is 3.19. The molecule has 2 aliphatic rings. The molecule has 0 aliphatic carbocycles. The number of methoxy groups -OCH3 is 1. The van der Waals surface area contributed by atoms with Crippen molar-refractivity contribution in [1.29, 1.82) is 0 Å². The first-order valence-corrected chi connectivity index (χ1v) is 8.63. The standard InChI is InChI=1S/C17H25N5O3/c1-20-6-8-21(9-7-20)19-17(24)18-13-10-16(23)22(12-13)14-4-3-5-15(11-14)25-2/h3-5,11,13H,6-10,12H2,1-2H3,(H2,18,19,24)/p+1/t13-/m1/s1. The number of nitrogens with zero attached hydrogens (tertiary/aromatic N) is 2. The Balaban J connectivity index is 1.52. The molecular weight excluding hydrogens is 322 g/mol. The number of carbonyl (C=O) groups is 2. The van der Waals surface area contributed by atoms with Gasteiger partial charge in [0.1, 0.15) is 5.75 Å². The van der Waals surface area contributed by atoms with Crippen LogP contribution < -0.4 is 25.3 Å². The molecule has 2 fully saturated rings. The van der Waals surface area contributed by atoms with E-state index in [9.17, 15) is 9.59 Å². The first-order chi connectivity index (χ1) is 12.0. The number of piperazine rings is 1. The highest BCUT2D eigenvalue weighted by Gasteiger charge is 2.32. The number of likely N-dealkylation sites (N-methyl/N-ethyl adjacent to an activating group) is 1. The third kappa shape index (κ3) is 4.40. The maximum Gasteiger partial charge on any atom is 0.329 e. The van der Waals surface area contributed by atoms with E-state index in [4.69, 9.17) is 4.74 Å². The highest BCUT2D eigenvalue weighted by molar-refractivity contribution is 5.97. The Morgan fingerprint density at radius 2 is 2.08 bits per heavy atom. The van der Waals surface area contributed by atoms with Gasteiger partial charge in [-0.1, -0.05) is 6.07 Å². The molecule has 25 heavy (non-hydrogen) atoms. The van der Waals surface area contributed by atoms with E-state index in [0.717, 1.165) is 31.9 Å². The number of hydrogen-bond donors (Lipinski definition) is 3. The van der Waals surface area contributed by atoms with E-state index in [2.05, 4.69) is 17.8 Å². The number of quaternary nitrogens is 1. The molecule has 3 rings (SSSR count). The van der Waals surface area contributed by atoms with Crippen LogP contribution in [-0.2, 0) is 4.79 Å². The zero-order valence-electron chi connectivity index (χ0n) is 14.7. The number of ether oxygens (including phenoxy) is 1. The van der Waals surface area contributed by atoms with Crippen LogP contribution >= 0.6 is 0 Å². The summed E-state index contributed by atoms with van der Waals surface area (Å²) in [7, 11) is 3.74. The van der Waals surface area contributed by atoms with Crippen LogP contribution in [0.1, 0.15) is 6.42 Å². The number of anilines is 1. The first-order valence-electron chi connectivity index (χ1n) is 8.63. The zero-order chi connectivity index (χ0) is 17.8. The van der Waals surface area contributed by atoms with Crippen LogP contribution in [0.25, 0.3) is 0 Å². The molecule has 3 amide bonds. The Kier molecular flexibility index (Phi) is 5.40. The van der Waals surface area contributed by atoms with Crippen molar-refractivity contribution in [3.8, 4) is 5.75 Å². The van der Waals surface area contributed by atoms with Crippen molar-refractivity contribution in [1.82, 2.24) is 15.8 Å². The van der Waals surface area contributed by atoms with Gasteiger partial charge in [0.05, 0.1) is 46.4 Å². The van der Waals surface area contributed by atoms with Crippen LogP contribution in [0.4, 0.5) is 10.5 Å². The fraction of sp³-hybridized carbons (Fsp3) is 0.529. The second-order valence-electron chi connectivity index (χ2n) is 6.64. The van der Waals surface area contributed by atoms with Crippen molar-refractivity contribution in [3.63, 3.8) is 0 Å². The Labute approximate surface area is 147 Å². The van der Waals surface area contributed by atoms with Crippen LogP contribution in [0.3, 0.4) is 0 Å². The molecular formula is C17H26N5O3+. The van der Waals surface area contributed by atoms with Gasteiger partial charge in [0.15, 0.2) is 0 Å². The summed E-state index contributed by atoms with van der Waals surface area (Å²) >= 11 is 0. The molecule has 0 saturated carbocycles. The topological polar surface area (TPSA) is 78.3 Å². The molecule has 8 heteroatoms. The number of benzene rings is 1. The second-order valence-corrected chi connectivity index (χ2v) is 6.64. The number of carbonyl (C=O) groups excluding carboxylic acids is 2. The molecule has 2 aliphatic heterocycles. The minimum absolute atomic E-state index is 0.00162. The molecule has 2 heterocycles. The third-order valence-corrected chi connectivity index (χ3v) is 4.70. The van der Waals surface area contributed by atoms with Crippen molar-refractivity contribution in [2.75, 3.05) is 51.8 Å². The summed E-state index contributed by atoms with van der Waals surface area (Å²) in [5.74, 6) is 0.707. The van der Waals surface area contributed by atoms with Gasteiger partial charge >= 0.3 is 6.03 Å². The van der Waals surface area contributed by atoms with E-state index in [0.29, 0.717) is 18.7 Å². The van der Waals surface area contributed by atoms with E-state index in [1.165, 1.54) is 4.90 Å². The van der Waals surface area contributed by atoms with Crippen molar-refractivity contribution in [2.45, 2.75) is 12.5 Å². The van der Waals surface area contributed by atoms with E-state index in [1.54, 1.807) is 12.0 Å². The zero-order valence-corrected chi connectivity index (χ0v) is 14.7. The lowest BCUT2D eigenvalue weighted by molar-refractivity contribution is -0.884. The van der Waals surface area contributed by atoms with Gasteiger partial charge < -0.3 is 19.9 Å². The lowest BCUT2D eigenvalue weighted by Gasteiger charge is -2.30. The first kappa shape index (κ1) is 17.5. The van der Waals surface area contributed by atoms with E-state index in [-0.39, 0.29) is 18.0 Å². The predicted molar refractivity (Wildman–Crippen MR) is 93.6 cm³/mol. The fourth-order valence-electron chi connectivity index (χ4n) is 3.19. The average molecular weight is 348 g/mol. The maximum absolute atomic E-state index is 12.3. The largest absolute Gasteiger partial charge is 0.497 e. The summed E-state index contributed by atoms with van der Waals surface area (Å²) in [5, 5.41) is 4.83. The van der Waals surface area contributed by atoms with Crippen LogP contribution in [0.15, 0.2) is 24.3 Å². The second kappa shape index (κ2) is 7.71. The highest BCUT2D eigenvalue weighted by Crippen LogP contribution is 2.25. The summed E-state index contributed by atoms with van der Waals surface area (Å²) < 4.78 is 5.21. The normalized spacial score (nSPS) is 22.1. The van der Waals surface area contributed by atoms with Crippen LogP contribution in [0.2, 0.25) is 0 Å². The molecule has 0 aromatic heterocycles. The summed E-state index contributed by atoms with van der Waals surface area (Å²) in [4.78, 5) is 27.6. The van der Waals surface area contributed by atoms with Gasteiger partial charge in [-0.05, 0) is 12.1 Å². The molecule has 1 aromatic rings.